The van der Waals surface area contributed by atoms with E-state index in [0.717, 1.165) is 17.7 Å². The number of phenolic OH excluding ortho intramolecular Hbond substituents is 1. The Morgan fingerprint density at radius 1 is 1.29 bits per heavy atom. The maximum atomic E-state index is 12.8. The summed E-state index contributed by atoms with van der Waals surface area (Å²) in [5.74, 6) is -0.801. The standard InChI is InChI=1S/C17H19N3O4/c1-3-14(12-7-9-18-10-8-12)19(4-2)17(22)13-5-6-15(20(23)24)16(21)11-13/h5-11,14,21H,3-4H2,1-2H3. The molecule has 1 amide bonds. The Balaban J connectivity index is 2.34. The van der Waals surface area contributed by atoms with Crippen molar-refractivity contribution in [3.05, 3.63) is 64.0 Å². The van der Waals surface area contributed by atoms with E-state index in [1.165, 1.54) is 6.07 Å². The van der Waals surface area contributed by atoms with Gasteiger partial charge in [-0.3, -0.25) is 19.9 Å². The van der Waals surface area contributed by atoms with E-state index in [0.29, 0.717) is 13.0 Å². The number of nitrogens with zero attached hydrogens (tertiary/aromatic N) is 3. The van der Waals surface area contributed by atoms with E-state index < -0.39 is 16.4 Å². The zero-order chi connectivity index (χ0) is 17.7. The molecule has 0 radical (unpaired) electrons. The summed E-state index contributed by atoms with van der Waals surface area (Å²) in [6.45, 7) is 4.32. The molecule has 0 bridgehead atoms. The quantitative estimate of drug-likeness (QED) is 0.648. The van der Waals surface area contributed by atoms with Gasteiger partial charge in [-0.2, -0.15) is 0 Å². The first-order valence-corrected chi connectivity index (χ1v) is 7.67. The zero-order valence-electron chi connectivity index (χ0n) is 13.5. The van der Waals surface area contributed by atoms with Crippen LogP contribution < -0.4 is 0 Å². The minimum Gasteiger partial charge on any atom is -0.502 e. The number of aromatic nitrogens is 1. The van der Waals surface area contributed by atoms with Gasteiger partial charge in [-0.25, -0.2) is 0 Å². The number of aromatic hydroxyl groups is 1. The lowest BCUT2D eigenvalue weighted by Gasteiger charge is -2.30. The molecule has 126 valence electrons. The number of carbonyl (C=O) groups excluding carboxylic acids is 1. The molecule has 0 aliphatic carbocycles. The molecule has 2 aromatic rings. The SMILES string of the molecule is CCC(c1ccncc1)N(CC)C(=O)c1ccc([N+](=O)[O-])c(O)c1. The topological polar surface area (TPSA) is 96.6 Å². The third kappa shape index (κ3) is 3.51. The van der Waals surface area contributed by atoms with Crippen molar-refractivity contribution in [3.63, 3.8) is 0 Å². The highest BCUT2D eigenvalue weighted by Crippen LogP contribution is 2.29. The van der Waals surface area contributed by atoms with Gasteiger partial charge in [-0.05, 0) is 43.2 Å². The number of nitro benzene ring substituents is 1. The Kier molecular flexibility index (Phi) is 5.47. The molecule has 1 atom stereocenters. The Hall–Kier alpha value is -2.96. The molecule has 1 unspecified atom stereocenters. The van der Waals surface area contributed by atoms with Gasteiger partial charge in [-0.1, -0.05) is 6.92 Å². The highest BCUT2D eigenvalue weighted by atomic mass is 16.6. The summed E-state index contributed by atoms with van der Waals surface area (Å²) < 4.78 is 0. The van der Waals surface area contributed by atoms with E-state index in [2.05, 4.69) is 4.98 Å². The first kappa shape index (κ1) is 17.4. The van der Waals surface area contributed by atoms with E-state index in [4.69, 9.17) is 0 Å². The van der Waals surface area contributed by atoms with E-state index >= 15 is 0 Å². The molecular weight excluding hydrogens is 310 g/mol. The van der Waals surface area contributed by atoms with E-state index in [1.54, 1.807) is 17.3 Å². The predicted octanol–water partition coefficient (Wildman–Crippen LogP) is 3.31. The fourth-order valence-corrected chi connectivity index (χ4v) is 2.70. The molecule has 24 heavy (non-hydrogen) atoms. The Labute approximate surface area is 139 Å². The monoisotopic (exact) mass is 329 g/mol. The molecule has 0 saturated carbocycles. The second kappa shape index (κ2) is 7.54. The van der Waals surface area contributed by atoms with Gasteiger partial charge in [-0.15, -0.1) is 0 Å². The van der Waals surface area contributed by atoms with Crippen LogP contribution in [0.1, 0.15) is 42.2 Å². The largest absolute Gasteiger partial charge is 0.502 e. The Morgan fingerprint density at radius 2 is 1.96 bits per heavy atom. The van der Waals surface area contributed by atoms with Gasteiger partial charge in [0.25, 0.3) is 5.91 Å². The smallest absolute Gasteiger partial charge is 0.310 e. The van der Waals surface area contributed by atoms with Gasteiger partial charge in [0.05, 0.1) is 11.0 Å². The van der Waals surface area contributed by atoms with Gasteiger partial charge in [0.2, 0.25) is 0 Å². The van der Waals surface area contributed by atoms with Crippen LogP contribution in [0.25, 0.3) is 0 Å². The second-order valence-corrected chi connectivity index (χ2v) is 5.26. The molecule has 0 saturated heterocycles. The summed E-state index contributed by atoms with van der Waals surface area (Å²) in [4.78, 5) is 28.6. The molecule has 7 heteroatoms. The first-order chi connectivity index (χ1) is 11.5. The van der Waals surface area contributed by atoms with Gasteiger partial charge in [0, 0.05) is 30.6 Å². The van der Waals surface area contributed by atoms with E-state index in [-0.39, 0.29) is 17.5 Å². The summed E-state index contributed by atoms with van der Waals surface area (Å²) in [5.41, 5.74) is 0.761. The van der Waals surface area contributed by atoms with Crippen LogP contribution in [0.15, 0.2) is 42.7 Å². The molecule has 1 N–H and O–H groups in total. The number of amides is 1. The van der Waals surface area contributed by atoms with Crippen molar-refractivity contribution in [1.82, 2.24) is 9.88 Å². The highest BCUT2D eigenvalue weighted by molar-refractivity contribution is 5.95. The maximum Gasteiger partial charge on any atom is 0.310 e. The van der Waals surface area contributed by atoms with Crippen molar-refractivity contribution in [2.24, 2.45) is 0 Å². The van der Waals surface area contributed by atoms with Crippen LogP contribution in [0.3, 0.4) is 0 Å². The number of hydrogen-bond acceptors (Lipinski definition) is 5. The lowest BCUT2D eigenvalue weighted by Crippen LogP contribution is -2.34. The maximum absolute atomic E-state index is 12.8. The minimum atomic E-state index is -0.688. The van der Waals surface area contributed by atoms with Crippen LogP contribution in [0.4, 0.5) is 5.69 Å². The molecule has 1 aromatic heterocycles. The van der Waals surface area contributed by atoms with Crippen molar-refractivity contribution in [3.8, 4) is 5.75 Å². The van der Waals surface area contributed by atoms with Crippen molar-refractivity contribution in [2.75, 3.05) is 6.54 Å². The van der Waals surface area contributed by atoms with Crippen molar-refractivity contribution < 1.29 is 14.8 Å². The van der Waals surface area contributed by atoms with Gasteiger partial charge >= 0.3 is 5.69 Å². The molecule has 0 aliphatic rings. The molecule has 0 fully saturated rings. The summed E-state index contributed by atoms with van der Waals surface area (Å²) in [6, 6.07) is 7.23. The molecule has 0 aliphatic heterocycles. The number of hydrogen-bond donors (Lipinski definition) is 1. The normalized spacial score (nSPS) is 11.8. The van der Waals surface area contributed by atoms with Crippen LogP contribution in [0.2, 0.25) is 0 Å². The van der Waals surface area contributed by atoms with E-state index in [1.807, 2.05) is 26.0 Å². The van der Waals surface area contributed by atoms with E-state index in [9.17, 15) is 20.0 Å². The van der Waals surface area contributed by atoms with Crippen LogP contribution in [-0.2, 0) is 0 Å². The fraction of sp³-hybridized carbons (Fsp3) is 0.294. The molecule has 2 rings (SSSR count). The van der Waals surface area contributed by atoms with Gasteiger partial charge < -0.3 is 10.0 Å². The van der Waals surface area contributed by atoms with Crippen molar-refractivity contribution in [1.29, 1.82) is 0 Å². The Morgan fingerprint density at radius 3 is 2.46 bits per heavy atom. The fourth-order valence-electron chi connectivity index (χ4n) is 2.70. The molecule has 1 aromatic carbocycles. The molecule has 0 spiro atoms. The number of benzene rings is 1. The lowest BCUT2D eigenvalue weighted by molar-refractivity contribution is -0.385. The average Bonchev–Trinajstić information content (AvgIpc) is 2.59. The third-order valence-electron chi connectivity index (χ3n) is 3.87. The lowest BCUT2D eigenvalue weighted by atomic mass is 10.0. The van der Waals surface area contributed by atoms with Crippen LogP contribution in [0, 0.1) is 10.1 Å². The highest BCUT2D eigenvalue weighted by Gasteiger charge is 2.25. The third-order valence-corrected chi connectivity index (χ3v) is 3.87. The number of phenols is 1. The molecule has 7 nitrogen and oxygen atoms in total. The number of nitro groups is 1. The Bertz CT molecular complexity index is 734. The second-order valence-electron chi connectivity index (χ2n) is 5.26. The number of pyridine rings is 1. The molecule has 1 heterocycles. The van der Waals surface area contributed by atoms with Crippen LogP contribution >= 0.6 is 0 Å². The van der Waals surface area contributed by atoms with Crippen molar-refractivity contribution >= 4 is 11.6 Å². The number of rotatable bonds is 6. The summed E-state index contributed by atoms with van der Waals surface area (Å²) in [7, 11) is 0. The summed E-state index contributed by atoms with van der Waals surface area (Å²) >= 11 is 0. The summed E-state index contributed by atoms with van der Waals surface area (Å²) in [5, 5.41) is 20.5. The zero-order valence-corrected chi connectivity index (χ0v) is 13.5. The van der Waals surface area contributed by atoms with Gasteiger partial charge in [0.1, 0.15) is 0 Å². The minimum absolute atomic E-state index is 0.136. The average molecular weight is 329 g/mol. The van der Waals surface area contributed by atoms with Crippen molar-refractivity contribution in [2.45, 2.75) is 26.3 Å². The predicted molar refractivity (Wildman–Crippen MR) is 88.7 cm³/mol. The van der Waals surface area contributed by atoms with Crippen LogP contribution in [0.5, 0.6) is 5.75 Å². The molecular formula is C17H19N3O4. The van der Waals surface area contributed by atoms with Crippen LogP contribution in [-0.4, -0.2) is 32.4 Å². The number of carbonyl (C=O) groups is 1. The van der Waals surface area contributed by atoms with Gasteiger partial charge in [0.15, 0.2) is 5.75 Å². The summed E-state index contributed by atoms with van der Waals surface area (Å²) in [6.07, 6.45) is 4.06. The first-order valence-electron chi connectivity index (χ1n) is 7.67.